The fraction of sp³-hybridized carbons (Fsp3) is 0.167. The first-order chi connectivity index (χ1) is 14.1. The number of hydrogen-bond donors (Lipinski definition) is 2. The molecule has 2 amide bonds. The minimum Gasteiger partial charge on any atom is -0.303 e. The van der Waals surface area contributed by atoms with Crippen LogP contribution < -0.4 is 15.8 Å². The second kappa shape index (κ2) is 7.80. The maximum absolute atomic E-state index is 12.9. The van der Waals surface area contributed by atoms with E-state index in [1.807, 2.05) is 68.5 Å². The Hall–Kier alpha value is -3.60. The summed E-state index contributed by atoms with van der Waals surface area (Å²) in [5.74, 6) is -0.181. The van der Waals surface area contributed by atoms with Crippen LogP contribution in [0.3, 0.4) is 0 Å². The van der Waals surface area contributed by atoms with Gasteiger partial charge in [0.1, 0.15) is 0 Å². The molecule has 4 rings (SSSR count). The molecule has 0 unspecified atom stereocenters. The third-order valence-electron chi connectivity index (χ3n) is 5.27. The van der Waals surface area contributed by atoms with Crippen LogP contribution >= 0.6 is 0 Å². The second-order valence-corrected chi connectivity index (χ2v) is 7.02. The predicted octanol–water partition coefficient (Wildman–Crippen LogP) is 4.55. The van der Waals surface area contributed by atoms with Gasteiger partial charge >= 0.3 is 0 Å². The van der Waals surface area contributed by atoms with E-state index in [0.717, 1.165) is 39.7 Å². The molecule has 3 aromatic carbocycles. The molecule has 0 fully saturated rings. The van der Waals surface area contributed by atoms with Gasteiger partial charge < -0.3 is 10.3 Å². The van der Waals surface area contributed by atoms with Crippen molar-refractivity contribution in [1.29, 1.82) is 0 Å². The molecular formula is C24H23N3O2. The van der Waals surface area contributed by atoms with Gasteiger partial charge in [0.25, 0.3) is 11.8 Å². The molecule has 0 aliphatic carbocycles. The zero-order chi connectivity index (χ0) is 20.4. The van der Waals surface area contributed by atoms with Gasteiger partial charge in [-0.2, -0.15) is 0 Å². The van der Waals surface area contributed by atoms with E-state index < -0.39 is 0 Å². The van der Waals surface area contributed by atoms with Crippen LogP contribution in [0.25, 0.3) is 10.8 Å². The highest BCUT2D eigenvalue weighted by Gasteiger charge is 2.29. The van der Waals surface area contributed by atoms with Gasteiger partial charge in [0.15, 0.2) is 0 Å². The first-order valence-electron chi connectivity index (χ1n) is 9.76. The van der Waals surface area contributed by atoms with Gasteiger partial charge in [-0.1, -0.05) is 49.4 Å². The number of amides is 2. The Morgan fingerprint density at radius 1 is 1.00 bits per heavy atom. The maximum Gasteiger partial charge on any atom is 0.269 e. The summed E-state index contributed by atoms with van der Waals surface area (Å²) in [6.45, 7) is 4.40. The molecule has 0 spiro atoms. The smallest absolute Gasteiger partial charge is 0.269 e. The molecule has 2 N–H and O–H groups in total. The Bertz CT molecular complexity index is 1110. The van der Waals surface area contributed by atoms with E-state index in [0.29, 0.717) is 12.1 Å². The molecule has 5 nitrogen and oxygen atoms in total. The SMILES string of the molecule is C/C=C(/CC)NNC(=O)c1ccc(CN2C(=O)c3cccc4cccc2c34)cc1. The fourth-order valence-electron chi connectivity index (χ4n) is 3.65. The summed E-state index contributed by atoms with van der Waals surface area (Å²) in [5, 5.41) is 2.08. The summed E-state index contributed by atoms with van der Waals surface area (Å²) in [7, 11) is 0. The molecule has 1 heterocycles. The van der Waals surface area contributed by atoms with Gasteiger partial charge in [-0.3, -0.25) is 15.0 Å². The van der Waals surface area contributed by atoms with Crippen molar-refractivity contribution >= 4 is 28.3 Å². The van der Waals surface area contributed by atoms with Gasteiger partial charge in [-0.25, -0.2) is 0 Å². The second-order valence-electron chi connectivity index (χ2n) is 7.02. The van der Waals surface area contributed by atoms with Crippen molar-refractivity contribution in [2.24, 2.45) is 0 Å². The molecule has 0 bridgehead atoms. The summed E-state index contributed by atoms with van der Waals surface area (Å²) in [6, 6.07) is 19.1. The van der Waals surface area contributed by atoms with Crippen molar-refractivity contribution in [1.82, 2.24) is 10.9 Å². The molecule has 0 saturated carbocycles. The molecule has 146 valence electrons. The topological polar surface area (TPSA) is 61.4 Å². The Labute approximate surface area is 170 Å². The molecule has 29 heavy (non-hydrogen) atoms. The lowest BCUT2D eigenvalue weighted by atomic mass is 10.1. The van der Waals surface area contributed by atoms with Crippen LogP contribution in [-0.2, 0) is 6.54 Å². The first-order valence-corrected chi connectivity index (χ1v) is 9.76. The molecule has 0 aromatic heterocycles. The number of benzene rings is 3. The molecule has 5 heteroatoms. The number of allylic oxidation sites excluding steroid dienone is 2. The molecular weight excluding hydrogens is 362 g/mol. The zero-order valence-electron chi connectivity index (χ0n) is 16.5. The number of hydrazine groups is 1. The van der Waals surface area contributed by atoms with Gasteiger partial charge in [0, 0.05) is 22.2 Å². The Kier molecular flexibility index (Phi) is 5.04. The summed E-state index contributed by atoms with van der Waals surface area (Å²) >= 11 is 0. The average Bonchev–Trinajstić information content (AvgIpc) is 3.03. The summed E-state index contributed by atoms with van der Waals surface area (Å²) in [5.41, 5.74) is 9.80. The van der Waals surface area contributed by atoms with Crippen molar-refractivity contribution in [3.63, 3.8) is 0 Å². The average molecular weight is 385 g/mol. The third kappa shape index (κ3) is 3.47. The number of hydrogen-bond acceptors (Lipinski definition) is 3. The van der Waals surface area contributed by atoms with E-state index in [-0.39, 0.29) is 11.8 Å². The van der Waals surface area contributed by atoms with E-state index in [1.165, 1.54) is 0 Å². The summed E-state index contributed by atoms with van der Waals surface area (Å²) in [6.07, 6.45) is 2.74. The molecule has 1 aliphatic heterocycles. The molecule has 3 aromatic rings. The summed E-state index contributed by atoms with van der Waals surface area (Å²) in [4.78, 5) is 27.0. The standard InChI is InChI=1S/C24H23N3O2/c1-3-19(4-2)25-26-23(28)18-13-11-16(12-14-18)15-27-21-10-6-8-17-7-5-9-20(22(17)21)24(27)29/h3,5-14,25H,4,15H2,1-2H3,(H,26,28)/b19-3-. The lowest BCUT2D eigenvalue weighted by Gasteiger charge is -2.18. The van der Waals surface area contributed by atoms with Crippen molar-refractivity contribution in [2.45, 2.75) is 26.8 Å². The highest BCUT2D eigenvalue weighted by molar-refractivity contribution is 6.24. The van der Waals surface area contributed by atoms with E-state index in [4.69, 9.17) is 0 Å². The predicted molar refractivity (Wildman–Crippen MR) is 116 cm³/mol. The van der Waals surface area contributed by atoms with Gasteiger partial charge in [-0.15, -0.1) is 0 Å². The molecule has 0 atom stereocenters. The number of carbonyl (C=O) groups is 2. The maximum atomic E-state index is 12.9. The number of anilines is 1. The molecule has 0 saturated heterocycles. The van der Waals surface area contributed by atoms with Gasteiger partial charge in [0.05, 0.1) is 12.2 Å². The number of carbonyl (C=O) groups excluding carboxylic acids is 2. The highest BCUT2D eigenvalue weighted by Crippen LogP contribution is 2.37. The lowest BCUT2D eigenvalue weighted by Crippen LogP contribution is -2.36. The largest absolute Gasteiger partial charge is 0.303 e. The van der Waals surface area contributed by atoms with Crippen LogP contribution in [0.1, 0.15) is 46.5 Å². The van der Waals surface area contributed by atoms with Crippen molar-refractivity contribution in [2.75, 3.05) is 4.90 Å². The van der Waals surface area contributed by atoms with Crippen molar-refractivity contribution in [3.8, 4) is 0 Å². The molecule has 1 aliphatic rings. The van der Waals surface area contributed by atoms with Gasteiger partial charge in [-0.05, 0) is 48.6 Å². The highest BCUT2D eigenvalue weighted by atomic mass is 16.2. The van der Waals surface area contributed by atoms with Crippen molar-refractivity contribution < 1.29 is 9.59 Å². The van der Waals surface area contributed by atoms with Crippen LogP contribution in [0.4, 0.5) is 5.69 Å². The van der Waals surface area contributed by atoms with Crippen LogP contribution in [0.5, 0.6) is 0 Å². The Balaban J connectivity index is 1.50. The van der Waals surface area contributed by atoms with Crippen LogP contribution in [-0.4, -0.2) is 11.8 Å². The number of nitrogens with one attached hydrogen (secondary N) is 2. The van der Waals surface area contributed by atoms with E-state index in [2.05, 4.69) is 10.9 Å². The minimum atomic E-state index is -0.196. The fourth-order valence-corrected chi connectivity index (χ4v) is 3.65. The van der Waals surface area contributed by atoms with Crippen LogP contribution in [0.2, 0.25) is 0 Å². The lowest BCUT2D eigenvalue weighted by molar-refractivity contribution is 0.0937. The number of rotatable bonds is 6. The van der Waals surface area contributed by atoms with Crippen molar-refractivity contribution in [3.05, 3.63) is 89.1 Å². The zero-order valence-corrected chi connectivity index (χ0v) is 16.5. The van der Waals surface area contributed by atoms with E-state index in [1.54, 1.807) is 17.0 Å². The monoisotopic (exact) mass is 385 g/mol. The normalized spacial score (nSPS) is 13.1. The molecule has 0 radical (unpaired) electrons. The Morgan fingerprint density at radius 2 is 1.72 bits per heavy atom. The summed E-state index contributed by atoms with van der Waals surface area (Å²) < 4.78 is 0. The Morgan fingerprint density at radius 3 is 2.41 bits per heavy atom. The minimum absolute atomic E-state index is 0.0151. The quantitative estimate of drug-likeness (QED) is 0.612. The number of nitrogens with zero attached hydrogens (tertiary/aromatic N) is 1. The third-order valence-corrected chi connectivity index (χ3v) is 5.27. The van der Waals surface area contributed by atoms with Crippen LogP contribution in [0, 0.1) is 0 Å². The first kappa shape index (κ1) is 18.7. The van der Waals surface area contributed by atoms with Crippen LogP contribution in [0.15, 0.2) is 72.4 Å². The van der Waals surface area contributed by atoms with Gasteiger partial charge in [0.2, 0.25) is 0 Å². The van der Waals surface area contributed by atoms with E-state index >= 15 is 0 Å². The van der Waals surface area contributed by atoms with E-state index in [9.17, 15) is 9.59 Å².